The van der Waals surface area contributed by atoms with Crippen molar-refractivity contribution in [2.75, 3.05) is 13.1 Å². The van der Waals surface area contributed by atoms with E-state index in [1.807, 2.05) is 30.3 Å². The molecule has 0 spiro atoms. The molecule has 0 heterocycles. The van der Waals surface area contributed by atoms with Crippen LogP contribution < -0.4 is 0 Å². The topological polar surface area (TPSA) is 50.8 Å². The van der Waals surface area contributed by atoms with Crippen LogP contribution in [0.5, 0.6) is 0 Å². The van der Waals surface area contributed by atoms with Crippen LogP contribution in [0, 0.1) is 22.7 Å². The van der Waals surface area contributed by atoms with Crippen LogP contribution in [-0.2, 0) is 6.54 Å². The molecule has 0 fully saturated rings. The molecule has 1 aromatic rings. The third-order valence-corrected chi connectivity index (χ3v) is 3.07. The zero-order valence-corrected chi connectivity index (χ0v) is 12.3. The maximum Gasteiger partial charge on any atom is 0.130 e. The highest BCUT2D eigenvalue weighted by Crippen LogP contribution is 2.15. The molecule has 0 aromatic heterocycles. The van der Waals surface area contributed by atoms with Crippen molar-refractivity contribution in [1.82, 2.24) is 4.90 Å². The van der Waals surface area contributed by atoms with Crippen LogP contribution in [-0.4, -0.2) is 18.0 Å². The summed E-state index contributed by atoms with van der Waals surface area (Å²) in [6.07, 6.45) is 3.92. The molecule has 0 amide bonds. The Labute approximate surface area is 121 Å². The fraction of sp³-hybridized carbons (Fsp3) is 0.412. The highest BCUT2D eigenvalue weighted by molar-refractivity contribution is 5.64. The average molecular weight is 267 g/mol. The van der Waals surface area contributed by atoms with Crippen LogP contribution in [0.4, 0.5) is 0 Å². The van der Waals surface area contributed by atoms with Crippen molar-refractivity contribution in [3.05, 3.63) is 41.0 Å². The number of hydrogen-bond donors (Lipinski definition) is 0. The van der Waals surface area contributed by atoms with Crippen LogP contribution in [0.1, 0.15) is 37.8 Å². The summed E-state index contributed by atoms with van der Waals surface area (Å²) in [5.74, 6) is 0. The molecule has 0 atom stereocenters. The SMILES string of the molecule is CCCN(CCC)Cc1ccccc1C=C(C#N)C#N. The zero-order chi connectivity index (χ0) is 14.8. The Kier molecular flexibility index (Phi) is 7.11. The average Bonchev–Trinajstić information content (AvgIpc) is 2.47. The van der Waals surface area contributed by atoms with Crippen LogP contribution in [0.3, 0.4) is 0 Å². The van der Waals surface area contributed by atoms with Crippen LogP contribution in [0.15, 0.2) is 29.8 Å². The van der Waals surface area contributed by atoms with Gasteiger partial charge in [-0.25, -0.2) is 0 Å². The Morgan fingerprint density at radius 2 is 1.70 bits per heavy atom. The van der Waals surface area contributed by atoms with E-state index < -0.39 is 0 Å². The highest BCUT2D eigenvalue weighted by atomic mass is 15.1. The molecular weight excluding hydrogens is 246 g/mol. The Hall–Kier alpha value is -2.10. The summed E-state index contributed by atoms with van der Waals surface area (Å²) in [5, 5.41) is 17.8. The second-order valence-corrected chi connectivity index (χ2v) is 4.76. The number of allylic oxidation sites excluding steroid dienone is 1. The molecule has 1 rings (SSSR count). The van der Waals surface area contributed by atoms with Crippen molar-refractivity contribution >= 4 is 6.08 Å². The van der Waals surface area contributed by atoms with Gasteiger partial charge >= 0.3 is 0 Å². The van der Waals surface area contributed by atoms with Crippen molar-refractivity contribution < 1.29 is 0 Å². The molecule has 0 aliphatic heterocycles. The predicted molar refractivity (Wildman–Crippen MR) is 81.5 cm³/mol. The minimum atomic E-state index is 0.148. The lowest BCUT2D eigenvalue weighted by atomic mass is 10.0. The first-order valence-corrected chi connectivity index (χ1v) is 7.07. The van der Waals surface area contributed by atoms with E-state index in [-0.39, 0.29) is 5.57 Å². The van der Waals surface area contributed by atoms with E-state index in [1.54, 1.807) is 6.08 Å². The Balaban J connectivity index is 2.98. The molecule has 0 radical (unpaired) electrons. The monoisotopic (exact) mass is 267 g/mol. The van der Waals surface area contributed by atoms with Crippen molar-refractivity contribution in [1.29, 1.82) is 10.5 Å². The van der Waals surface area contributed by atoms with Crippen LogP contribution >= 0.6 is 0 Å². The van der Waals surface area contributed by atoms with E-state index in [9.17, 15) is 0 Å². The van der Waals surface area contributed by atoms with Gasteiger partial charge in [0.2, 0.25) is 0 Å². The third-order valence-electron chi connectivity index (χ3n) is 3.07. The summed E-state index contributed by atoms with van der Waals surface area (Å²) < 4.78 is 0. The maximum absolute atomic E-state index is 8.88. The first kappa shape index (κ1) is 16.0. The lowest BCUT2D eigenvalue weighted by Crippen LogP contribution is -2.25. The maximum atomic E-state index is 8.88. The third kappa shape index (κ3) is 4.88. The zero-order valence-electron chi connectivity index (χ0n) is 12.3. The Morgan fingerprint density at radius 1 is 1.10 bits per heavy atom. The van der Waals surface area contributed by atoms with Gasteiger partial charge in [-0.1, -0.05) is 38.1 Å². The molecule has 0 aliphatic rings. The quantitative estimate of drug-likeness (QED) is 0.707. The lowest BCUT2D eigenvalue weighted by molar-refractivity contribution is 0.266. The largest absolute Gasteiger partial charge is 0.299 e. The Bertz CT molecular complexity index is 510. The summed E-state index contributed by atoms with van der Waals surface area (Å²) >= 11 is 0. The predicted octanol–water partition coefficient (Wildman–Crippen LogP) is 3.74. The van der Waals surface area contributed by atoms with E-state index in [4.69, 9.17) is 10.5 Å². The van der Waals surface area contributed by atoms with Gasteiger partial charge < -0.3 is 0 Å². The van der Waals surface area contributed by atoms with Crippen molar-refractivity contribution in [2.45, 2.75) is 33.2 Å². The number of nitriles is 2. The normalized spacial score (nSPS) is 9.85. The summed E-state index contributed by atoms with van der Waals surface area (Å²) in [5.41, 5.74) is 2.27. The number of nitrogens with zero attached hydrogens (tertiary/aromatic N) is 3. The first-order chi connectivity index (χ1) is 9.74. The molecule has 0 aliphatic carbocycles. The number of benzene rings is 1. The molecule has 0 saturated carbocycles. The van der Waals surface area contributed by atoms with Crippen molar-refractivity contribution in [3.63, 3.8) is 0 Å². The fourth-order valence-electron chi connectivity index (χ4n) is 2.21. The van der Waals surface area contributed by atoms with E-state index >= 15 is 0 Å². The number of hydrogen-bond acceptors (Lipinski definition) is 3. The second-order valence-electron chi connectivity index (χ2n) is 4.76. The van der Waals surface area contributed by atoms with Gasteiger partial charge in [0.05, 0.1) is 0 Å². The molecule has 20 heavy (non-hydrogen) atoms. The van der Waals surface area contributed by atoms with Gasteiger partial charge in [0.1, 0.15) is 17.7 Å². The molecule has 104 valence electrons. The summed E-state index contributed by atoms with van der Waals surface area (Å²) in [6, 6.07) is 11.8. The number of rotatable bonds is 7. The van der Waals surface area contributed by atoms with E-state index in [2.05, 4.69) is 24.8 Å². The van der Waals surface area contributed by atoms with Crippen LogP contribution in [0.25, 0.3) is 6.08 Å². The van der Waals surface area contributed by atoms with E-state index in [1.165, 1.54) is 0 Å². The van der Waals surface area contributed by atoms with Gasteiger partial charge in [-0.2, -0.15) is 10.5 Å². The molecule has 0 N–H and O–H groups in total. The smallest absolute Gasteiger partial charge is 0.130 e. The molecule has 3 nitrogen and oxygen atoms in total. The summed E-state index contributed by atoms with van der Waals surface area (Å²) in [7, 11) is 0. The minimum Gasteiger partial charge on any atom is -0.299 e. The minimum absolute atomic E-state index is 0.148. The van der Waals surface area contributed by atoms with Gasteiger partial charge in [-0.15, -0.1) is 0 Å². The summed E-state index contributed by atoms with van der Waals surface area (Å²) in [4.78, 5) is 2.41. The standard InChI is InChI=1S/C17H21N3/c1-3-9-20(10-4-2)14-17-8-6-5-7-16(17)11-15(12-18)13-19/h5-8,11H,3-4,9-10,14H2,1-2H3. The van der Waals surface area contributed by atoms with Gasteiger partial charge in [0, 0.05) is 6.54 Å². The van der Waals surface area contributed by atoms with Gasteiger partial charge in [-0.3, -0.25) is 4.90 Å². The first-order valence-electron chi connectivity index (χ1n) is 7.07. The Morgan fingerprint density at radius 3 is 2.25 bits per heavy atom. The molecule has 0 unspecified atom stereocenters. The molecule has 1 aromatic carbocycles. The van der Waals surface area contributed by atoms with Crippen molar-refractivity contribution in [3.8, 4) is 12.1 Å². The fourth-order valence-corrected chi connectivity index (χ4v) is 2.21. The molecule has 0 bridgehead atoms. The molecule has 3 heteroatoms. The highest BCUT2D eigenvalue weighted by Gasteiger charge is 2.07. The molecule has 0 saturated heterocycles. The summed E-state index contributed by atoms with van der Waals surface area (Å²) in [6.45, 7) is 7.35. The van der Waals surface area contributed by atoms with Gasteiger partial charge in [0.25, 0.3) is 0 Å². The van der Waals surface area contributed by atoms with Gasteiger partial charge in [0.15, 0.2) is 0 Å². The van der Waals surface area contributed by atoms with E-state index in [0.717, 1.165) is 43.6 Å². The lowest BCUT2D eigenvalue weighted by Gasteiger charge is -2.22. The van der Waals surface area contributed by atoms with Crippen molar-refractivity contribution in [2.24, 2.45) is 0 Å². The van der Waals surface area contributed by atoms with Gasteiger partial charge in [-0.05, 0) is 43.1 Å². The molecular formula is C17H21N3. The van der Waals surface area contributed by atoms with E-state index in [0.29, 0.717) is 0 Å². The van der Waals surface area contributed by atoms with Crippen LogP contribution in [0.2, 0.25) is 0 Å². The second kappa shape index (κ2) is 8.91.